The molecule has 0 saturated carbocycles. The Kier molecular flexibility index (Phi) is 4.43. The maximum atomic E-state index is 6.44. The molecule has 1 aromatic rings. The molecule has 0 bridgehead atoms. The van der Waals surface area contributed by atoms with Crippen molar-refractivity contribution in [1.29, 1.82) is 0 Å². The molecule has 3 unspecified atom stereocenters. The van der Waals surface area contributed by atoms with Crippen LogP contribution in [0, 0.1) is 0 Å². The molecule has 1 aliphatic heterocycles. The average Bonchev–Trinajstić information content (AvgIpc) is 2.38. The zero-order valence-corrected chi connectivity index (χ0v) is 11.1. The normalized spacial score (nSPS) is 26.8. The highest BCUT2D eigenvalue weighted by Gasteiger charge is 2.26. The number of nitrogens with two attached hydrogens (primary N) is 1. The van der Waals surface area contributed by atoms with Crippen LogP contribution in [0.15, 0.2) is 24.3 Å². The molecule has 2 nitrogen and oxygen atoms in total. The van der Waals surface area contributed by atoms with Crippen LogP contribution in [-0.2, 0) is 0 Å². The zero-order chi connectivity index (χ0) is 12.3. The summed E-state index contributed by atoms with van der Waals surface area (Å²) < 4.78 is 0. The summed E-state index contributed by atoms with van der Waals surface area (Å²) in [5, 5.41) is 3.53. The Morgan fingerprint density at radius 1 is 1.47 bits per heavy atom. The fourth-order valence-electron chi connectivity index (χ4n) is 2.60. The van der Waals surface area contributed by atoms with Gasteiger partial charge in [-0.15, -0.1) is 11.6 Å². The first-order valence-electron chi connectivity index (χ1n) is 6.37. The van der Waals surface area contributed by atoms with Gasteiger partial charge in [-0.3, -0.25) is 0 Å². The Hall–Kier alpha value is -0.570. The Balaban J connectivity index is 2.30. The third-order valence-electron chi connectivity index (χ3n) is 3.69. The fraction of sp³-hybridized carbons (Fsp3) is 0.571. The number of rotatable bonds is 3. The number of alkyl halides is 1. The molecule has 1 aromatic carbocycles. The van der Waals surface area contributed by atoms with Gasteiger partial charge < -0.3 is 11.1 Å². The van der Waals surface area contributed by atoms with E-state index < -0.39 is 0 Å². The number of benzene rings is 1. The van der Waals surface area contributed by atoms with Crippen LogP contribution in [0.2, 0.25) is 0 Å². The van der Waals surface area contributed by atoms with E-state index in [9.17, 15) is 0 Å². The highest BCUT2D eigenvalue weighted by atomic mass is 35.5. The second kappa shape index (κ2) is 5.85. The third-order valence-corrected chi connectivity index (χ3v) is 4.15. The second-order valence-corrected chi connectivity index (χ2v) is 5.44. The Morgan fingerprint density at radius 3 is 2.94 bits per heavy atom. The summed E-state index contributed by atoms with van der Waals surface area (Å²) in [7, 11) is 0. The second-order valence-electron chi connectivity index (χ2n) is 4.88. The van der Waals surface area contributed by atoms with Crippen LogP contribution in [0.1, 0.15) is 36.3 Å². The predicted octanol–water partition coefficient (Wildman–Crippen LogP) is 2.43. The van der Waals surface area contributed by atoms with Crippen LogP contribution in [0.3, 0.4) is 0 Å². The van der Waals surface area contributed by atoms with Gasteiger partial charge in [0, 0.05) is 12.5 Å². The predicted molar refractivity (Wildman–Crippen MR) is 73.8 cm³/mol. The molecule has 0 aromatic heterocycles. The van der Waals surface area contributed by atoms with Gasteiger partial charge in [0.1, 0.15) is 0 Å². The summed E-state index contributed by atoms with van der Waals surface area (Å²) in [5.41, 5.74) is 8.56. The van der Waals surface area contributed by atoms with Crippen LogP contribution < -0.4 is 11.1 Å². The van der Waals surface area contributed by atoms with Crippen LogP contribution in [-0.4, -0.2) is 25.0 Å². The van der Waals surface area contributed by atoms with Crippen LogP contribution in [0.4, 0.5) is 0 Å². The van der Waals surface area contributed by atoms with E-state index in [1.54, 1.807) is 0 Å². The molecule has 3 atom stereocenters. The minimum absolute atomic E-state index is 0.190. The lowest BCUT2D eigenvalue weighted by molar-refractivity contribution is 0.463. The van der Waals surface area contributed by atoms with Crippen molar-refractivity contribution in [2.75, 3.05) is 19.6 Å². The molecular formula is C14H21ClN2. The molecule has 1 fully saturated rings. The van der Waals surface area contributed by atoms with Crippen molar-refractivity contribution >= 4 is 11.6 Å². The number of hydrogen-bond donors (Lipinski definition) is 2. The highest BCUT2D eigenvalue weighted by molar-refractivity contribution is 6.21. The first kappa shape index (κ1) is 12.9. The summed E-state index contributed by atoms with van der Waals surface area (Å²) >= 11 is 6.44. The van der Waals surface area contributed by atoms with Gasteiger partial charge in [0.05, 0.1) is 5.38 Å². The molecule has 17 heavy (non-hydrogen) atoms. The lowest BCUT2D eigenvalue weighted by Crippen LogP contribution is -2.36. The minimum atomic E-state index is 0.190. The van der Waals surface area contributed by atoms with Crippen molar-refractivity contribution in [3.05, 3.63) is 35.4 Å². The molecule has 1 heterocycles. The van der Waals surface area contributed by atoms with E-state index >= 15 is 0 Å². The Morgan fingerprint density at radius 2 is 2.24 bits per heavy atom. The maximum absolute atomic E-state index is 6.44. The average molecular weight is 253 g/mol. The zero-order valence-electron chi connectivity index (χ0n) is 10.3. The maximum Gasteiger partial charge on any atom is 0.0529 e. The topological polar surface area (TPSA) is 38.0 Å². The smallest absolute Gasteiger partial charge is 0.0529 e. The van der Waals surface area contributed by atoms with Gasteiger partial charge in [-0.2, -0.15) is 0 Å². The number of halogens is 1. The fourth-order valence-corrected chi connectivity index (χ4v) is 2.97. The van der Waals surface area contributed by atoms with Crippen LogP contribution >= 0.6 is 11.6 Å². The van der Waals surface area contributed by atoms with E-state index in [1.165, 1.54) is 11.1 Å². The summed E-state index contributed by atoms with van der Waals surface area (Å²) in [6.07, 6.45) is 1.11. The molecule has 2 rings (SSSR count). The van der Waals surface area contributed by atoms with Crippen molar-refractivity contribution in [1.82, 2.24) is 5.32 Å². The summed E-state index contributed by atoms with van der Waals surface area (Å²) in [4.78, 5) is 0. The molecule has 0 aliphatic carbocycles. The van der Waals surface area contributed by atoms with Gasteiger partial charge in [0.25, 0.3) is 0 Å². The number of piperidine rings is 1. The van der Waals surface area contributed by atoms with Crippen LogP contribution in [0.5, 0.6) is 0 Å². The molecule has 3 heteroatoms. The monoisotopic (exact) mass is 252 g/mol. The van der Waals surface area contributed by atoms with Gasteiger partial charge in [-0.05, 0) is 36.6 Å². The Bertz CT molecular complexity index is 367. The summed E-state index contributed by atoms with van der Waals surface area (Å²) in [6, 6.07) is 8.61. The molecule has 3 N–H and O–H groups in total. The summed E-state index contributed by atoms with van der Waals surface area (Å²) in [5.74, 6) is 0.869. The number of hydrogen-bond acceptors (Lipinski definition) is 2. The first-order chi connectivity index (χ1) is 8.24. The first-order valence-corrected chi connectivity index (χ1v) is 6.81. The van der Waals surface area contributed by atoms with E-state index in [0.717, 1.165) is 19.5 Å². The minimum Gasteiger partial charge on any atom is -0.330 e. The molecule has 1 saturated heterocycles. The number of nitrogens with one attached hydrogen (secondary N) is 1. The van der Waals surface area contributed by atoms with Gasteiger partial charge in [-0.1, -0.05) is 31.2 Å². The third kappa shape index (κ3) is 2.82. The molecule has 94 valence electrons. The molecule has 0 amide bonds. The largest absolute Gasteiger partial charge is 0.330 e. The van der Waals surface area contributed by atoms with Crippen molar-refractivity contribution in [3.63, 3.8) is 0 Å². The highest BCUT2D eigenvalue weighted by Crippen LogP contribution is 2.34. The lowest BCUT2D eigenvalue weighted by atomic mass is 9.83. The van der Waals surface area contributed by atoms with Gasteiger partial charge in [0.2, 0.25) is 0 Å². The van der Waals surface area contributed by atoms with E-state index in [0.29, 0.717) is 18.4 Å². The molecular weight excluding hydrogens is 232 g/mol. The van der Waals surface area contributed by atoms with Crippen molar-refractivity contribution in [3.8, 4) is 0 Å². The van der Waals surface area contributed by atoms with Gasteiger partial charge >= 0.3 is 0 Å². The summed E-state index contributed by atoms with van der Waals surface area (Å²) in [6.45, 7) is 4.83. The quantitative estimate of drug-likeness (QED) is 0.811. The van der Waals surface area contributed by atoms with Crippen molar-refractivity contribution < 1.29 is 0 Å². The van der Waals surface area contributed by atoms with E-state index in [4.69, 9.17) is 17.3 Å². The molecule has 1 aliphatic rings. The Labute approximate surface area is 109 Å². The van der Waals surface area contributed by atoms with Crippen molar-refractivity contribution in [2.45, 2.75) is 30.6 Å². The molecule has 0 spiro atoms. The molecule has 0 radical (unpaired) electrons. The van der Waals surface area contributed by atoms with Gasteiger partial charge in [0.15, 0.2) is 0 Å². The van der Waals surface area contributed by atoms with E-state index in [2.05, 4.69) is 36.5 Å². The standard InChI is InChI=1S/C14H21ClN2/c1-10(8-16)11-4-2-3-5-12(11)13-6-7-17-9-14(13)15/h2-5,10,13-14,17H,6-9,16H2,1H3. The lowest BCUT2D eigenvalue weighted by Gasteiger charge is -2.30. The van der Waals surface area contributed by atoms with E-state index in [1.807, 2.05) is 0 Å². The van der Waals surface area contributed by atoms with Gasteiger partial charge in [-0.25, -0.2) is 0 Å². The van der Waals surface area contributed by atoms with Crippen LogP contribution in [0.25, 0.3) is 0 Å². The van der Waals surface area contributed by atoms with E-state index in [-0.39, 0.29) is 5.38 Å². The van der Waals surface area contributed by atoms with Crippen molar-refractivity contribution in [2.24, 2.45) is 5.73 Å². The SMILES string of the molecule is CC(CN)c1ccccc1C1CCNCC1Cl.